The Morgan fingerprint density at radius 3 is 2.67 bits per heavy atom. The second kappa shape index (κ2) is 9.29. The number of thiophene rings is 1. The first-order valence-corrected chi connectivity index (χ1v) is 10.3. The van der Waals surface area contributed by atoms with E-state index in [4.69, 9.17) is 0 Å². The quantitative estimate of drug-likeness (QED) is 0.698. The van der Waals surface area contributed by atoms with Gasteiger partial charge in [-0.05, 0) is 52.8 Å². The minimum absolute atomic E-state index is 0.0508. The number of carbonyl (C=O) groups excluding carboxylic acids is 2. The smallest absolute Gasteiger partial charge is 0.261 e. The number of amides is 2. The third kappa shape index (κ3) is 5.75. The molecule has 2 aromatic rings. The van der Waals surface area contributed by atoms with Gasteiger partial charge in [0.25, 0.3) is 5.91 Å². The molecular weight excluding hydrogens is 430 g/mol. The number of hydrogen-bond acceptors (Lipinski definition) is 6. The van der Waals surface area contributed by atoms with Gasteiger partial charge in [0, 0.05) is 38.9 Å². The lowest BCUT2D eigenvalue weighted by Crippen LogP contribution is -2.44. The van der Waals surface area contributed by atoms with Gasteiger partial charge in [-0.25, -0.2) is 4.98 Å². The number of hydrogen-bond donors (Lipinski definition) is 2. The highest BCUT2D eigenvalue weighted by Crippen LogP contribution is 2.21. The molecule has 1 saturated heterocycles. The molecule has 0 bridgehead atoms. The van der Waals surface area contributed by atoms with Crippen LogP contribution >= 0.6 is 27.3 Å². The minimum Gasteiger partial charge on any atom is -0.354 e. The molecular formula is C18H22BrN5O2S. The number of halogens is 1. The number of piperazine rings is 1. The van der Waals surface area contributed by atoms with Crippen LogP contribution in [0.3, 0.4) is 0 Å². The molecule has 0 spiro atoms. The average Bonchev–Trinajstić information content (AvgIpc) is 3.12. The van der Waals surface area contributed by atoms with Crippen LogP contribution in [0.5, 0.6) is 0 Å². The Hall–Kier alpha value is -1.97. The fourth-order valence-electron chi connectivity index (χ4n) is 2.73. The lowest BCUT2D eigenvalue weighted by Gasteiger charge is -2.33. The van der Waals surface area contributed by atoms with Crippen LogP contribution in [0.15, 0.2) is 34.2 Å². The molecule has 2 aromatic heterocycles. The van der Waals surface area contributed by atoms with E-state index in [1.807, 2.05) is 12.1 Å². The summed E-state index contributed by atoms with van der Waals surface area (Å²) in [5, 5.41) is 5.46. The molecule has 1 fully saturated rings. The van der Waals surface area contributed by atoms with Gasteiger partial charge in [-0.3, -0.25) is 9.59 Å². The van der Waals surface area contributed by atoms with Crippen molar-refractivity contribution in [1.29, 1.82) is 0 Å². The normalized spacial score (nSPS) is 14.8. The third-order valence-electron chi connectivity index (χ3n) is 4.33. The Labute approximate surface area is 170 Å². The molecule has 0 atom stereocenters. The lowest BCUT2D eigenvalue weighted by molar-refractivity contribution is -0.120. The van der Waals surface area contributed by atoms with E-state index in [-0.39, 0.29) is 18.4 Å². The summed E-state index contributed by atoms with van der Waals surface area (Å²) in [6, 6.07) is 7.43. The second-order valence-electron chi connectivity index (χ2n) is 6.38. The summed E-state index contributed by atoms with van der Waals surface area (Å²) in [6.45, 7) is 4.29. The monoisotopic (exact) mass is 451 g/mol. The van der Waals surface area contributed by atoms with Crippen molar-refractivity contribution in [2.24, 2.45) is 0 Å². The van der Waals surface area contributed by atoms with Gasteiger partial charge >= 0.3 is 0 Å². The number of pyridine rings is 1. The highest BCUT2D eigenvalue weighted by atomic mass is 79.9. The number of nitrogens with one attached hydrogen (secondary N) is 2. The fraction of sp³-hybridized carbons (Fsp3) is 0.389. The summed E-state index contributed by atoms with van der Waals surface area (Å²) in [5.74, 6) is 0.463. The van der Waals surface area contributed by atoms with Crippen LogP contribution in [0.2, 0.25) is 0 Å². The Morgan fingerprint density at radius 1 is 1.19 bits per heavy atom. The summed E-state index contributed by atoms with van der Waals surface area (Å²) in [7, 11) is 2.12. The molecule has 144 valence electrons. The van der Waals surface area contributed by atoms with E-state index < -0.39 is 0 Å². The molecule has 3 heterocycles. The standard InChI is InChI=1S/C18H22BrN5O2S/c1-23-6-8-24(9-7-23)16-10-13(4-5-20-16)11-21-17(25)12-22-18(26)14-2-3-15(19)27-14/h2-5,10H,6-9,11-12H2,1H3,(H,21,25)(H,22,26). The maximum Gasteiger partial charge on any atom is 0.261 e. The van der Waals surface area contributed by atoms with Gasteiger partial charge in [-0.2, -0.15) is 0 Å². The first kappa shape index (κ1) is 19.8. The number of likely N-dealkylation sites (N-methyl/N-ethyl adjacent to an activating group) is 1. The molecule has 3 rings (SSSR count). The summed E-state index contributed by atoms with van der Waals surface area (Å²) in [4.78, 5) is 33.5. The predicted molar refractivity (Wildman–Crippen MR) is 110 cm³/mol. The number of aromatic nitrogens is 1. The number of nitrogens with zero attached hydrogens (tertiary/aromatic N) is 3. The lowest BCUT2D eigenvalue weighted by atomic mass is 10.2. The summed E-state index contributed by atoms with van der Waals surface area (Å²) >= 11 is 4.65. The van der Waals surface area contributed by atoms with E-state index in [0.29, 0.717) is 11.4 Å². The van der Waals surface area contributed by atoms with Crippen molar-refractivity contribution in [3.63, 3.8) is 0 Å². The zero-order valence-electron chi connectivity index (χ0n) is 15.1. The Balaban J connectivity index is 1.46. The number of anilines is 1. The molecule has 0 radical (unpaired) electrons. The summed E-state index contributed by atoms with van der Waals surface area (Å²) in [6.07, 6.45) is 1.77. The van der Waals surface area contributed by atoms with Crippen LogP contribution in [0, 0.1) is 0 Å². The minimum atomic E-state index is -0.248. The highest BCUT2D eigenvalue weighted by Gasteiger charge is 2.15. The average molecular weight is 452 g/mol. The van der Waals surface area contributed by atoms with E-state index in [0.717, 1.165) is 41.3 Å². The van der Waals surface area contributed by atoms with E-state index in [1.165, 1.54) is 11.3 Å². The second-order valence-corrected chi connectivity index (χ2v) is 8.84. The number of rotatable bonds is 6. The third-order valence-corrected chi connectivity index (χ3v) is 5.96. The molecule has 1 aliphatic rings. The zero-order chi connectivity index (χ0) is 19.2. The van der Waals surface area contributed by atoms with Crippen LogP contribution in [0.25, 0.3) is 0 Å². The van der Waals surface area contributed by atoms with E-state index in [9.17, 15) is 9.59 Å². The maximum atomic E-state index is 12.0. The summed E-state index contributed by atoms with van der Waals surface area (Å²) in [5.41, 5.74) is 0.987. The summed E-state index contributed by atoms with van der Waals surface area (Å²) < 4.78 is 0.881. The molecule has 2 N–H and O–H groups in total. The van der Waals surface area contributed by atoms with Crippen molar-refractivity contribution in [2.45, 2.75) is 6.54 Å². The van der Waals surface area contributed by atoms with Crippen LogP contribution in [-0.2, 0) is 11.3 Å². The molecule has 0 saturated carbocycles. The van der Waals surface area contributed by atoms with Crippen molar-refractivity contribution in [3.05, 3.63) is 44.7 Å². The fourth-order valence-corrected chi connectivity index (χ4v) is 4.03. The topological polar surface area (TPSA) is 77.6 Å². The van der Waals surface area contributed by atoms with E-state index >= 15 is 0 Å². The van der Waals surface area contributed by atoms with Gasteiger partial charge in [0.15, 0.2) is 0 Å². The van der Waals surface area contributed by atoms with Crippen molar-refractivity contribution in [3.8, 4) is 0 Å². The molecule has 9 heteroatoms. The molecule has 2 amide bonds. The number of carbonyl (C=O) groups is 2. The molecule has 27 heavy (non-hydrogen) atoms. The van der Waals surface area contributed by atoms with Gasteiger partial charge in [0.1, 0.15) is 5.82 Å². The van der Waals surface area contributed by atoms with Crippen LogP contribution in [0.1, 0.15) is 15.2 Å². The van der Waals surface area contributed by atoms with E-state index in [1.54, 1.807) is 18.3 Å². The molecule has 1 aliphatic heterocycles. The first-order chi connectivity index (χ1) is 13.0. The Morgan fingerprint density at radius 2 is 1.96 bits per heavy atom. The zero-order valence-corrected chi connectivity index (χ0v) is 17.5. The Kier molecular flexibility index (Phi) is 6.81. The van der Waals surface area contributed by atoms with Gasteiger partial charge < -0.3 is 20.4 Å². The van der Waals surface area contributed by atoms with Crippen molar-refractivity contribution >= 4 is 44.9 Å². The SMILES string of the molecule is CN1CCN(c2cc(CNC(=O)CNC(=O)c3ccc(Br)s3)ccn2)CC1. The van der Waals surface area contributed by atoms with Crippen LogP contribution in [-0.4, -0.2) is 61.5 Å². The van der Waals surface area contributed by atoms with Gasteiger partial charge in [0.2, 0.25) is 5.91 Å². The van der Waals surface area contributed by atoms with Crippen LogP contribution < -0.4 is 15.5 Å². The van der Waals surface area contributed by atoms with E-state index in [2.05, 4.69) is 48.4 Å². The van der Waals surface area contributed by atoms with Crippen molar-refractivity contribution in [1.82, 2.24) is 20.5 Å². The van der Waals surface area contributed by atoms with Gasteiger partial charge in [-0.15, -0.1) is 11.3 Å². The van der Waals surface area contributed by atoms with Gasteiger partial charge in [-0.1, -0.05) is 0 Å². The molecule has 0 unspecified atom stereocenters. The highest BCUT2D eigenvalue weighted by molar-refractivity contribution is 9.11. The van der Waals surface area contributed by atoms with Crippen LogP contribution in [0.4, 0.5) is 5.82 Å². The largest absolute Gasteiger partial charge is 0.354 e. The molecule has 0 aliphatic carbocycles. The predicted octanol–water partition coefficient (Wildman–Crippen LogP) is 1.70. The molecule has 0 aromatic carbocycles. The van der Waals surface area contributed by atoms with Crippen molar-refractivity contribution in [2.75, 3.05) is 44.7 Å². The first-order valence-electron chi connectivity index (χ1n) is 8.70. The van der Waals surface area contributed by atoms with Crippen molar-refractivity contribution < 1.29 is 9.59 Å². The molecule has 7 nitrogen and oxygen atoms in total. The van der Waals surface area contributed by atoms with Gasteiger partial charge in [0.05, 0.1) is 15.2 Å². The maximum absolute atomic E-state index is 12.0. The Bertz CT molecular complexity index is 805.